The number of nitrogens with one attached hydrogen (secondary N) is 1. The molecule has 1 aromatic carbocycles. The highest BCUT2D eigenvalue weighted by Gasteiger charge is 2.24. The summed E-state index contributed by atoms with van der Waals surface area (Å²) in [6.45, 7) is 2.82. The van der Waals surface area contributed by atoms with Gasteiger partial charge in [0.1, 0.15) is 0 Å². The zero-order valence-electron chi connectivity index (χ0n) is 10.9. The second-order valence-corrected chi connectivity index (χ2v) is 4.93. The summed E-state index contributed by atoms with van der Waals surface area (Å²) in [5, 5.41) is 2.74. The highest BCUT2D eigenvalue weighted by atomic mass is 16.1. The summed E-state index contributed by atoms with van der Waals surface area (Å²) >= 11 is 0. The number of benzene rings is 1. The molecule has 4 nitrogen and oxygen atoms in total. The van der Waals surface area contributed by atoms with Crippen LogP contribution in [0.2, 0.25) is 0 Å². The van der Waals surface area contributed by atoms with Gasteiger partial charge in [-0.25, -0.2) is 0 Å². The Balaban J connectivity index is 1.93. The van der Waals surface area contributed by atoms with Gasteiger partial charge in [-0.05, 0) is 37.1 Å². The molecular formula is C14H21N3O. The monoisotopic (exact) mass is 247 g/mol. The van der Waals surface area contributed by atoms with Crippen LogP contribution in [0, 0.1) is 5.92 Å². The molecule has 3 N–H and O–H groups in total. The van der Waals surface area contributed by atoms with Gasteiger partial charge < -0.3 is 11.1 Å². The molecule has 0 saturated carbocycles. The third kappa shape index (κ3) is 3.23. The number of piperidine rings is 1. The zero-order valence-corrected chi connectivity index (χ0v) is 10.9. The van der Waals surface area contributed by atoms with Crippen molar-refractivity contribution in [2.75, 3.05) is 25.9 Å². The van der Waals surface area contributed by atoms with Crippen LogP contribution < -0.4 is 11.1 Å². The van der Waals surface area contributed by atoms with Crippen molar-refractivity contribution >= 4 is 11.6 Å². The lowest BCUT2D eigenvalue weighted by atomic mass is 9.97. The molecule has 1 saturated heterocycles. The molecule has 0 spiro atoms. The number of likely N-dealkylation sites (tertiary alicyclic amines) is 1. The number of carbonyl (C=O) groups is 1. The Bertz CT molecular complexity index is 402. The summed E-state index contributed by atoms with van der Waals surface area (Å²) in [5.41, 5.74) is 7.72. The van der Waals surface area contributed by atoms with Crippen molar-refractivity contribution in [1.82, 2.24) is 10.2 Å². The number of amides is 1. The lowest BCUT2D eigenvalue weighted by molar-refractivity contribution is -0.126. The van der Waals surface area contributed by atoms with E-state index < -0.39 is 0 Å². The Morgan fingerprint density at radius 2 is 2.17 bits per heavy atom. The topological polar surface area (TPSA) is 58.4 Å². The number of nitrogens with two attached hydrogens (primary N) is 1. The van der Waals surface area contributed by atoms with Crippen LogP contribution in [0.4, 0.5) is 5.69 Å². The fourth-order valence-corrected chi connectivity index (χ4v) is 2.50. The van der Waals surface area contributed by atoms with Crippen molar-refractivity contribution in [3.8, 4) is 0 Å². The van der Waals surface area contributed by atoms with Crippen LogP contribution >= 0.6 is 0 Å². The maximum atomic E-state index is 11.7. The quantitative estimate of drug-likeness (QED) is 0.790. The van der Waals surface area contributed by atoms with Crippen molar-refractivity contribution in [2.24, 2.45) is 5.92 Å². The molecule has 1 aromatic rings. The molecule has 4 heteroatoms. The normalized spacial score (nSPS) is 20.6. The van der Waals surface area contributed by atoms with Crippen LogP contribution in [-0.4, -0.2) is 30.9 Å². The lowest BCUT2D eigenvalue weighted by Gasteiger charge is -2.31. The van der Waals surface area contributed by atoms with Gasteiger partial charge in [-0.2, -0.15) is 0 Å². The highest BCUT2D eigenvalue weighted by molar-refractivity contribution is 5.78. The lowest BCUT2D eigenvalue weighted by Crippen LogP contribution is -2.41. The fourth-order valence-electron chi connectivity index (χ4n) is 2.50. The summed E-state index contributed by atoms with van der Waals surface area (Å²) in [5.74, 6) is 0.300. The van der Waals surface area contributed by atoms with Crippen LogP contribution in [0.1, 0.15) is 18.4 Å². The third-order valence-corrected chi connectivity index (χ3v) is 3.51. The minimum Gasteiger partial charge on any atom is -0.399 e. The van der Waals surface area contributed by atoms with E-state index in [2.05, 4.69) is 22.3 Å². The first-order valence-corrected chi connectivity index (χ1v) is 6.47. The van der Waals surface area contributed by atoms with Gasteiger partial charge in [0.15, 0.2) is 0 Å². The molecule has 98 valence electrons. The van der Waals surface area contributed by atoms with E-state index in [4.69, 9.17) is 5.73 Å². The Hall–Kier alpha value is -1.55. The molecule has 1 unspecified atom stereocenters. The molecule has 0 bridgehead atoms. The molecule has 1 aliphatic heterocycles. The number of rotatable bonds is 3. The van der Waals surface area contributed by atoms with Gasteiger partial charge >= 0.3 is 0 Å². The number of carbonyl (C=O) groups excluding carboxylic acids is 1. The smallest absolute Gasteiger partial charge is 0.224 e. The summed E-state index contributed by atoms with van der Waals surface area (Å²) in [6, 6.07) is 7.96. The summed E-state index contributed by atoms with van der Waals surface area (Å²) < 4.78 is 0. The third-order valence-electron chi connectivity index (χ3n) is 3.51. The van der Waals surface area contributed by atoms with E-state index in [1.165, 1.54) is 5.56 Å². The van der Waals surface area contributed by atoms with Gasteiger partial charge in [0.05, 0.1) is 5.92 Å². The first kappa shape index (κ1) is 12.9. The summed E-state index contributed by atoms with van der Waals surface area (Å²) in [6.07, 6.45) is 2.09. The van der Waals surface area contributed by atoms with Crippen LogP contribution in [-0.2, 0) is 11.3 Å². The molecule has 0 radical (unpaired) electrons. The van der Waals surface area contributed by atoms with Gasteiger partial charge in [0.2, 0.25) is 5.91 Å². The van der Waals surface area contributed by atoms with Crippen molar-refractivity contribution in [3.05, 3.63) is 29.8 Å². The van der Waals surface area contributed by atoms with Crippen LogP contribution in [0.25, 0.3) is 0 Å². The van der Waals surface area contributed by atoms with Gasteiger partial charge in [0.25, 0.3) is 0 Å². The number of nitrogen functional groups attached to an aromatic ring is 1. The summed E-state index contributed by atoms with van der Waals surface area (Å²) in [4.78, 5) is 14.0. The fraction of sp³-hybridized carbons (Fsp3) is 0.500. The van der Waals surface area contributed by atoms with E-state index >= 15 is 0 Å². The molecule has 1 amide bonds. The molecule has 2 rings (SSSR count). The van der Waals surface area contributed by atoms with Gasteiger partial charge in [0, 0.05) is 25.8 Å². The second-order valence-electron chi connectivity index (χ2n) is 4.93. The highest BCUT2D eigenvalue weighted by Crippen LogP contribution is 2.19. The van der Waals surface area contributed by atoms with E-state index in [1.54, 1.807) is 7.05 Å². The number of hydrogen-bond acceptors (Lipinski definition) is 3. The molecule has 0 aliphatic carbocycles. The van der Waals surface area contributed by atoms with Crippen LogP contribution in [0.15, 0.2) is 24.3 Å². The van der Waals surface area contributed by atoms with Crippen LogP contribution in [0.3, 0.4) is 0 Å². The first-order valence-electron chi connectivity index (χ1n) is 6.47. The van der Waals surface area contributed by atoms with Gasteiger partial charge in [-0.15, -0.1) is 0 Å². The Morgan fingerprint density at radius 1 is 1.44 bits per heavy atom. The standard InChI is InChI=1S/C14H21N3O/c1-16-14(18)12-3-2-8-17(10-12)9-11-4-6-13(15)7-5-11/h4-7,12H,2-3,8-10,15H2,1H3,(H,16,18). The second kappa shape index (κ2) is 5.87. The van der Waals surface area contributed by atoms with Crippen molar-refractivity contribution < 1.29 is 4.79 Å². The van der Waals surface area contributed by atoms with Crippen molar-refractivity contribution in [1.29, 1.82) is 0 Å². The SMILES string of the molecule is CNC(=O)C1CCCN(Cc2ccc(N)cc2)C1. The van der Waals surface area contributed by atoms with E-state index in [0.29, 0.717) is 0 Å². The molecule has 0 aromatic heterocycles. The van der Waals surface area contributed by atoms with E-state index in [1.807, 2.05) is 12.1 Å². The van der Waals surface area contributed by atoms with E-state index in [-0.39, 0.29) is 11.8 Å². The predicted octanol–water partition coefficient (Wildman–Crippen LogP) is 1.23. The Morgan fingerprint density at radius 3 is 2.83 bits per heavy atom. The van der Waals surface area contributed by atoms with Gasteiger partial charge in [-0.3, -0.25) is 9.69 Å². The maximum absolute atomic E-state index is 11.7. The molecule has 1 atom stereocenters. The Labute approximate surface area is 108 Å². The average Bonchev–Trinajstić information content (AvgIpc) is 2.41. The predicted molar refractivity (Wildman–Crippen MR) is 72.9 cm³/mol. The molecule has 1 heterocycles. The number of nitrogens with zero attached hydrogens (tertiary/aromatic N) is 1. The van der Waals surface area contributed by atoms with Crippen LogP contribution in [0.5, 0.6) is 0 Å². The summed E-state index contributed by atoms with van der Waals surface area (Å²) in [7, 11) is 1.71. The van der Waals surface area contributed by atoms with Crippen molar-refractivity contribution in [3.63, 3.8) is 0 Å². The van der Waals surface area contributed by atoms with Crippen molar-refractivity contribution in [2.45, 2.75) is 19.4 Å². The molecule has 1 fully saturated rings. The minimum atomic E-state index is 0.137. The van der Waals surface area contributed by atoms with Gasteiger partial charge in [-0.1, -0.05) is 12.1 Å². The largest absolute Gasteiger partial charge is 0.399 e. The maximum Gasteiger partial charge on any atom is 0.224 e. The van der Waals surface area contributed by atoms with E-state index in [9.17, 15) is 4.79 Å². The molecule has 1 aliphatic rings. The number of anilines is 1. The molecule has 18 heavy (non-hydrogen) atoms. The average molecular weight is 247 g/mol. The zero-order chi connectivity index (χ0) is 13.0. The first-order chi connectivity index (χ1) is 8.69. The van der Waals surface area contributed by atoms with E-state index in [0.717, 1.165) is 38.2 Å². The number of hydrogen-bond donors (Lipinski definition) is 2. The minimum absolute atomic E-state index is 0.137. The molecular weight excluding hydrogens is 226 g/mol. The Kier molecular flexibility index (Phi) is 4.20.